The summed E-state index contributed by atoms with van der Waals surface area (Å²) in [6.07, 6.45) is 6.60. The maximum atomic E-state index is 12.5. The number of nitrogens with one attached hydrogen (secondary N) is 2. The molecule has 10 nitrogen and oxygen atoms in total. The topological polar surface area (TPSA) is 113 Å². The van der Waals surface area contributed by atoms with Crippen LogP contribution in [0.5, 0.6) is 5.88 Å². The number of likely N-dealkylation sites (N-methyl/N-ethyl adjacent to an activating group) is 1. The van der Waals surface area contributed by atoms with Crippen molar-refractivity contribution < 1.29 is 14.3 Å². The average molecular weight is 494 g/mol. The molecule has 36 heavy (non-hydrogen) atoms. The van der Waals surface area contributed by atoms with Crippen LogP contribution in [-0.4, -0.2) is 71.5 Å². The van der Waals surface area contributed by atoms with Crippen molar-refractivity contribution >= 4 is 29.8 Å². The first-order valence-corrected chi connectivity index (χ1v) is 12.7. The number of carbonyl (C=O) groups excluding carboxylic acids is 2. The number of ether oxygens (including phenoxy) is 1. The third-order valence-corrected chi connectivity index (χ3v) is 8.46. The Morgan fingerprint density at radius 2 is 2.03 bits per heavy atom. The fourth-order valence-electron chi connectivity index (χ4n) is 6.05. The van der Waals surface area contributed by atoms with Crippen LogP contribution in [-0.2, 0) is 16.0 Å². The molecule has 0 unspecified atom stereocenters. The highest BCUT2D eigenvalue weighted by atomic mass is 16.5. The Kier molecular flexibility index (Phi) is 6.55. The number of nitrogens with zero attached hydrogens (tertiary/aromatic N) is 5. The quantitative estimate of drug-likeness (QED) is 0.459. The molecule has 10 heteroatoms. The zero-order chi connectivity index (χ0) is 25.4. The summed E-state index contributed by atoms with van der Waals surface area (Å²) < 4.78 is 5.67. The van der Waals surface area contributed by atoms with Crippen molar-refractivity contribution in [3.63, 3.8) is 0 Å². The fourth-order valence-corrected chi connectivity index (χ4v) is 6.05. The molecule has 3 heterocycles. The number of hydrogen-bond donors (Lipinski definition) is 2. The number of aromatic nitrogens is 3. The Labute approximate surface area is 211 Å². The summed E-state index contributed by atoms with van der Waals surface area (Å²) >= 11 is 0. The van der Waals surface area contributed by atoms with Crippen molar-refractivity contribution in [3.8, 4) is 5.88 Å². The zero-order valence-electron chi connectivity index (χ0n) is 21.4. The highest BCUT2D eigenvalue weighted by Gasteiger charge is 2.72. The number of hydrogen-bond acceptors (Lipinski definition) is 8. The van der Waals surface area contributed by atoms with Crippen molar-refractivity contribution in [2.45, 2.75) is 38.6 Å². The molecule has 3 aliphatic carbocycles. The largest absolute Gasteiger partial charge is 0.476 e. The van der Waals surface area contributed by atoms with Gasteiger partial charge in [-0.3, -0.25) is 14.5 Å². The minimum Gasteiger partial charge on any atom is -0.476 e. The van der Waals surface area contributed by atoms with Gasteiger partial charge in [-0.05, 0) is 57.2 Å². The minimum atomic E-state index is -0.210. The van der Waals surface area contributed by atoms with Gasteiger partial charge in [-0.15, -0.1) is 0 Å². The molecule has 4 aliphatic rings. The Morgan fingerprint density at radius 1 is 1.22 bits per heavy atom. The smallest absolute Gasteiger partial charge is 0.229 e. The summed E-state index contributed by atoms with van der Waals surface area (Å²) in [5.41, 5.74) is 1.33. The Balaban J connectivity index is 1.38. The molecule has 6 rings (SSSR count). The van der Waals surface area contributed by atoms with Crippen molar-refractivity contribution in [3.05, 3.63) is 30.1 Å². The van der Waals surface area contributed by atoms with Crippen LogP contribution >= 0.6 is 0 Å². The summed E-state index contributed by atoms with van der Waals surface area (Å²) in [7, 11) is 3.99. The van der Waals surface area contributed by atoms with E-state index in [0.717, 1.165) is 31.4 Å². The van der Waals surface area contributed by atoms with E-state index in [9.17, 15) is 9.59 Å². The lowest BCUT2D eigenvalue weighted by atomic mass is 9.36. The number of rotatable bonds is 11. The van der Waals surface area contributed by atoms with Gasteiger partial charge >= 0.3 is 0 Å². The molecule has 2 aromatic heterocycles. The Bertz CT molecular complexity index is 1110. The second-order valence-electron chi connectivity index (χ2n) is 10.6. The fraction of sp³-hybridized carbons (Fsp3) is 0.577. The van der Waals surface area contributed by atoms with Crippen LogP contribution in [0.4, 0.5) is 17.5 Å². The highest BCUT2D eigenvalue weighted by molar-refractivity contribution is 5.83. The van der Waals surface area contributed by atoms with Gasteiger partial charge in [0, 0.05) is 36.8 Å². The van der Waals surface area contributed by atoms with Gasteiger partial charge < -0.3 is 20.3 Å². The molecule has 2 aromatic rings. The van der Waals surface area contributed by atoms with Crippen LogP contribution in [0.25, 0.3) is 0 Å². The van der Waals surface area contributed by atoms with Gasteiger partial charge in [0.1, 0.15) is 12.4 Å². The maximum absolute atomic E-state index is 12.5. The van der Waals surface area contributed by atoms with Crippen LogP contribution in [0.15, 0.2) is 24.5 Å². The predicted octanol–water partition coefficient (Wildman–Crippen LogP) is 2.24. The second kappa shape index (κ2) is 9.65. The standard InChI is InChI=1S/C26H35N7O3/c1-16-21-12-26(16,17(21)2)33(15-34)23-19(11-18-7-8-27-24(18)35)13-29-25(31-23)30-20-5-6-22(28-14-20)36-10-9-32(3)4/h5-6,13-18,21H,7-12H2,1-4H3,(H,27,35)(H,29,30,31)/t16-,17-,18+,21?,26?/m1/s1. The van der Waals surface area contributed by atoms with Crippen LogP contribution in [0.2, 0.25) is 0 Å². The molecule has 0 spiro atoms. The van der Waals surface area contributed by atoms with Crippen LogP contribution < -0.4 is 20.3 Å². The molecule has 192 valence electrons. The molecular formula is C26H35N7O3. The maximum Gasteiger partial charge on any atom is 0.229 e. The summed E-state index contributed by atoms with van der Waals surface area (Å²) in [5.74, 6) is 2.95. The zero-order valence-corrected chi connectivity index (χ0v) is 21.4. The molecule has 1 saturated heterocycles. The molecule has 0 radical (unpaired) electrons. The van der Waals surface area contributed by atoms with E-state index in [2.05, 4.69) is 34.4 Å². The van der Waals surface area contributed by atoms with Crippen LogP contribution in [0, 0.1) is 23.7 Å². The predicted molar refractivity (Wildman–Crippen MR) is 136 cm³/mol. The van der Waals surface area contributed by atoms with E-state index < -0.39 is 0 Å². The van der Waals surface area contributed by atoms with Gasteiger partial charge in [0.15, 0.2) is 0 Å². The SMILES string of the molecule is C[C@@H]1C2CC1(N(C=O)c1nc(Nc3ccc(OCCN(C)C)nc3)ncc1C[C@@H]1CCNC1=O)[C@@H]2C. The Hall–Kier alpha value is -3.27. The van der Waals surface area contributed by atoms with E-state index in [1.165, 1.54) is 0 Å². The van der Waals surface area contributed by atoms with Gasteiger partial charge in [0.2, 0.25) is 24.1 Å². The Morgan fingerprint density at radius 3 is 2.61 bits per heavy atom. The molecule has 2 N–H and O–H groups in total. The molecule has 4 fully saturated rings. The molecular weight excluding hydrogens is 458 g/mol. The van der Waals surface area contributed by atoms with Gasteiger partial charge in [0.25, 0.3) is 0 Å². The normalized spacial score (nSPS) is 28.2. The summed E-state index contributed by atoms with van der Waals surface area (Å²) in [5, 5.41) is 6.11. The summed E-state index contributed by atoms with van der Waals surface area (Å²) in [4.78, 5) is 42.3. The molecule has 0 aromatic carbocycles. The van der Waals surface area contributed by atoms with E-state index in [4.69, 9.17) is 9.72 Å². The highest BCUT2D eigenvalue weighted by Crippen LogP contribution is 2.69. The van der Waals surface area contributed by atoms with Crippen molar-refractivity contribution in [1.82, 2.24) is 25.2 Å². The first-order chi connectivity index (χ1) is 17.3. The van der Waals surface area contributed by atoms with Crippen molar-refractivity contribution in [2.24, 2.45) is 23.7 Å². The lowest BCUT2D eigenvalue weighted by Crippen LogP contribution is -2.80. The molecule has 1 aliphatic heterocycles. The van der Waals surface area contributed by atoms with Crippen molar-refractivity contribution in [1.29, 1.82) is 0 Å². The van der Waals surface area contributed by atoms with Gasteiger partial charge in [-0.1, -0.05) is 13.8 Å². The number of amides is 2. The molecule has 2 bridgehead atoms. The second-order valence-corrected chi connectivity index (χ2v) is 10.6. The number of carbonyl (C=O) groups is 2. The molecule has 3 saturated carbocycles. The first kappa shape index (κ1) is 24.4. The van der Waals surface area contributed by atoms with Crippen LogP contribution in [0.3, 0.4) is 0 Å². The average Bonchev–Trinajstić information content (AvgIpc) is 3.27. The van der Waals surface area contributed by atoms with Crippen molar-refractivity contribution in [2.75, 3.05) is 44.0 Å². The summed E-state index contributed by atoms with van der Waals surface area (Å²) in [6.45, 7) is 6.46. The lowest BCUT2D eigenvalue weighted by Gasteiger charge is -2.75. The lowest BCUT2D eigenvalue weighted by molar-refractivity contribution is -0.173. The summed E-state index contributed by atoms with van der Waals surface area (Å²) in [6, 6.07) is 3.66. The van der Waals surface area contributed by atoms with E-state index in [-0.39, 0.29) is 17.4 Å². The van der Waals surface area contributed by atoms with Gasteiger partial charge in [-0.2, -0.15) is 4.98 Å². The number of anilines is 3. The third-order valence-electron chi connectivity index (χ3n) is 8.46. The molecule has 2 amide bonds. The monoisotopic (exact) mass is 493 g/mol. The van der Waals surface area contributed by atoms with E-state index in [1.54, 1.807) is 18.5 Å². The minimum absolute atomic E-state index is 0.0482. The third kappa shape index (κ3) is 4.17. The van der Waals surface area contributed by atoms with Crippen LogP contribution in [0.1, 0.15) is 32.3 Å². The molecule has 3 atom stereocenters. The first-order valence-electron chi connectivity index (χ1n) is 12.7. The number of pyridine rings is 1. The van der Waals surface area contributed by atoms with E-state index in [1.807, 2.05) is 30.0 Å². The van der Waals surface area contributed by atoms with E-state index >= 15 is 0 Å². The van der Waals surface area contributed by atoms with Gasteiger partial charge in [-0.25, -0.2) is 9.97 Å². The van der Waals surface area contributed by atoms with Gasteiger partial charge in [0.05, 0.1) is 17.4 Å². The van der Waals surface area contributed by atoms with E-state index in [0.29, 0.717) is 60.7 Å².